The average molecular weight is 325 g/mol. The molecule has 0 atom stereocenters. The van der Waals surface area contributed by atoms with Gasteiger partial charge in [0.1, 0.15) is 5.01 Å². The van der Waals surface area contributed by atoms with Crippen molar-refractivity contribution >= 4 is 27.0 Å². The van der Waals surface area contributed by atoms with Crippen LogP contribution in [0.15, 0.2) is 35.4 Å². The number of sulfonamides is 1. The number of aryl methyl sites for hydroxylation is 1. The number of hydrogen-bond donors (Lipinski definition) is 2. The van der Waals surface area contributed by atoms with E-state index < -0.39 is 10.0 Å². The molecule has 2 N–H and O–H groups in total. The number of anilines is 1. The first-order chi connectivity index (χ1) is 9.87. The van der Waals surface area contributed by atoms with E-state index in [9.17, 15) is 8.42 Å². The number of benzene rings is 1. The van der Waals surface area contributed by atoms with E-state index in [0.29, 0.717) is 6.54 Å². The first kappa shape index (κ1) is 15.9. The van der Waals surface area contributed by atoms with Crippen LogP contribution >= 0.6 is 11.3 Å². The summed E-state index contributed by atoms with van der Waals surface area (Å²) in [4.78, 5) is 5.71. The number of thiazole rings is 1. The van der Waals surface area contributed by atoms with Crippen molar-refractivity contribution in [2.24, 2.45) is 0 Å². The van der Waals surface area contributed by atoms with Gasteiger partial charge in [0.25, 0.3) is 0 Å². The van der Waals surface area contributed by atoms with Crippen LogP contribution in [0.2, 0.25) is 0 Å². The monoisotopic (exact) mass is 325 g/mol. The lowest BCUT2D eigenvalue weighted by molar-refractivity contribution is 0.570. The van der Waals surface area contributed by atoms with Gasteiger partial charge in [-0.25, -0.2) is 18.1 Å². The normalized spacial score (nSPS) is 11.8. The van der Waals surface area contributed by atoms with Crippen molar-refractivity contribution in [1.29, 1.82) is 0 Å². The SMILES string of the molecule is Cc1cnc(CNc2ccc(S(=O)(=O)NC(C)C)cc2)s1. The second-order valence-electron chi connectivity index (χ2n) is 5.02. The molecule has 2 aromatic rings. The van der Waals surface area contributed by atoms with E-state index in [1.54, 1.807) is 49.4 Å². The number of aromatic nitrogens is 1. The zero-order valence-corrected chi connectivity index (χ0v) is 13.9. The molecule has 0 saturated heterocycles. The molecule has 0 spiro atoms. The highest BCUT2D eigenvalue weighted by molar-refractivity contribution is 7.89. The van der Waals surface area contributed by atoms with E-state index in [-0.39, 0.29) is 10.9 Å². The van der Waals surface area contributed by atoms with Crippen molar-refractivity contribution in [3.63, 3.8) is 0 Å². The molecule has 0 saturated carbocycles. The Morgan fingerprint density at radius 3 is 2.43 bits per heavy atom. The average Bonchev–Trinajstić information content (AvgIpc) is 2.81. The van der Waals surface area contributed by atoms with Crippen LogP contribution in [-0.2, 0) is 16.6 Å². The van der Waals surface area contributed by atoms with Gasteiger partial charge in [-0.2, -0.15) is 0 Å². The number of rotatable bonds is 6. The lowest BCUT2D eigenvalue weighted by Crippen LogP contribution is -2.30. The smallest absolute Gasteiger partial charge is 0.240 e. The van der Waals surface area contributed by atoms with Gasteiger partial charge in [0.15, 0.2) is 0 Å². The third-order valence-electron chi connectivity index (χ3n) is 2.67. The molecule has 2 rings (SSSR count). The second-order valence-corrected chi connectivity index (χ2v) is 8.05. The summed E-state index contributed by atoms with van der Waals surface area (Å²) >= 11 is 1.64. The first-order valence-corrected chi connectivity index (χ1v) is 8.94. The summed E-state index contributed by atoms with van der Waals surface area (Å²) in [6.07, 6.45) is 1.84. The quantitative estimate of drug-likeness (QED) is 0.857. The summed E-state index contributed by atoms with van der Waals surface area (Å²) < 4.78 is 26.6. The largest absolute Gasteiger partial charge is 0.379 e. The van der Waals surface area contributed by atoms with Crippen LogP contribution in [0, 0.1) is 6.92 Å². The van der Waals surface area contributed by atoms with Crippen molar-refractivity contribution in [2.45, 2.75) is 38.3 Å². The van der Waals surface area contributed by atoms with E-state index in [4.69, 9.17) is 0 Å². The van der Waals surface area contributed by atoms with Gasteiger partial charge >= 0.3 is 0 Å². The Bertz CT molecular complexity index is 691. The lowest BCUT2D eigenvalue weighted by Gasteiger charge is -2.10. The number of hydrogen-bond acceptors (Lipinski definition) is 5. The topological polar surface area (TPSA) is 71.1 Å². The third-order valence-corrected chi connectivity index (χ3v) is 5.26. The molecule has 0 amide bonds. The molecule has 1 heterocycles. The van der Waals surface area contributed by atoms with Crippen molar-refractivity contribution < 1.29 is 8.42 Å². The van der Waals surface area contributed by atoms with Crippen molar-refractivity contribution in [2.75, 3.05) is 5.32 Å². The molecule has 1 aromatic heterocycles. The Hall–Kier alpha value is -1.44. The van der Waals surface area contributed by atoms with E-state index in [1.807, 2.05) is 13.1 Å². The van der Waals surface area contributed by atoms with Crippen LogP contribution in [0.25, 0.3) is 0 Å². The Morgan fingerprint density at radius 2 is 1.90 bits per heavy atom. The van der Waals surface area contributed by atoms with Gasteiger partial charge < -0.3 is 5.32 Å². The lowest BCUT2D eigenvalue weighted by atomic mass is 10.3. The minimum Gasteiger partial charge on any atom is -0.379 e. The first-order valence-electron chi connectivity index (χ1n) is 6.64. The Morgan fingerprint density at radius 1 is 1.24 bits per heavy atom. The molecule has 1 aromatic carbocycles. The summed E-state index contributed by atoms with van der Waals surface area (Å²) in [7, 11) is -3.43. The van der Waals surface area contributed by atoms with Crippen molar-refractivity contribution in [3.05, 3.63) is 40.3 Å². The molecule has 0 aliphatic heterocycles. The molecule has 0 aliphatic carbocycles. The van der Waals surface area contributed by atoms with Crippen LogP contribution in [0.4, 0.5) is 5.69 Å². The van der Waals surface area contributed by atoms with Crippen LogP contribution in [0.1, 0.15) is 23.7 Å². The molecule has 0 aliphatic rings. The summed E-state index contributed by atoms with van der Waals surface area (Å²) in [5.41, 5.74) is 0.867. The molecular formula is C14H19N3O2S2. The fraction of sp³-hybridized carbons (Fsp3) is 0.357. The van der Waals surface area contributed by atoms with Gasteiger partial charge in [-0.05, 0) is 45.0 Å². The molecule has 0 unspecified atom stereocenters. The zero-order chi connectivity index (χ0) is 15.5. The standard InChI is InChI=1S/C14H19N3O2S2/c1-10(2)17-21(18,19)13-6-4-12(5-7-13)15-9-14-16-8-11(3)20-14/h4-8,10,15,17H,9H2,1-3H3. The fourth-order valence-corrected chi connectivity index (χ4v) is 3.77. The van der Waals surface area contributed by atoms with Gasteiger partial charge in [-0.3, -0.25) is 0 Å². The molecule has 114 valence electrons. The van der Waals surface area contributed by atoms with E-state index in [2.05, 4.69) is 15.0 Å². The van der Waals surface area contributed by atoms with Crippen molar-refractivity contribution in [3.8, 4) is 0 Å². The van der Waals surface area contributed by atoms with Crippen LogP contribution < -0.4 is 10.0 Å². The zero-order valence-electron chi connectivity index (χ0n) is 12.3. The van der Waals surface area contributed by atoms with Gasteiger partial charge in [-0.1, -0.05) is 0 Å². The molecular weight excluding hydrogens is 306 g/mol. The van der Waals surface area contributed by atoms with Gasteiger partial charge in [0, 0.05) is 22.8 Å². The molecule has 7 heteroatoms. The number of nitrogens with one attached hydrogen (secondary N) is 2. The molecule has 0 radical (unpaired) electrons. The number of nitrogens with zero attached hydrogens (tertiary/aromatic N) is 1. The highest BCUT2D eigenvalue weighted by atomic mass is 32.2. The maximum absolute atomic E-state index is 12.0. The Balaban J connectivity index is 2.02. The summed E-state index contributed by atoms with van der Waals surface area (Å²) in [5.74, 6) is 0. The predicted molar refractivity (Wildman–Crippen MR) is 86.1 cm³/mol. The van der Waals surface area contributed by atoms with E-state index in [0.717, 1.165) is 10.7 Å². The Kier molecular flexibility index (Phi) is 4.97. The molecule has 0 fully saturated rings. The van der Waals surface area contributed by atoms with Gasteiger partial charge in [-0.15, -0.1) is 11.3 Å². The summed E-state index contributed by atoms with van der Waals surface area (Å²) in [6.45, 7) is 6.24. The Labute approximate surface area is 129 Å². The van der Waals surface area contributed by atoms with Crippen molar-refractivity contribution in [1.82, 2.24) is 9.71 Å². The van der Waals surface area contributed by atoms with Crippen LogP contribution in [0.3, 0.4) is 0 Å². The van der Waals surface area contributed by atoms with E-state index in [1.165, 1.54) is 4.88 Å². The highest BCUT2D eigenvalue weighted by Crippen LogP contribution is 2.17. The maximum atomic E-state index is 12.0. The molecule has 21 heavy (non-hydrogen) atoms. The fourth-order valence-electron chi connectivity index (χ4n) is 1.79. The van der Waals surface area contributed by atoms with Crippen LogP contribution in [-0.4, -0.2) is 19.4 Å². The van der Waals surface area contributed by atoms with Crippen LogP contribution in [0.5, 0.6) is 0 Å². The second kappa shape index (κ2) is 6.55. The van der Waals surface area contributed by atoms with E-state index >= 15 is 0 Å². The minimum absolute atomic E-state index is 0.124. The highest BCUT2D eigenvalue weighted by Gasteiger charge is 2.14. The summed E-state index contributed by atoms with van der Waals surface area (Å²) in [5, 5.41) is 4.23. The molecule has 5 nitrogen and oxygen atoms in total. The third kappa shape index (κ3) is 4.52. The summed E-state index contributed by atoms with van der Waals surface area (Å²) in [6, 6.07) is 6.59. The van der Waals surface area contributed by atoms with Gasteiger partial charge in [0.2, 0.25) is 10.0 Å². The molecule has 0 bridgehead atoms. The maximum Gasteiger partial charge on any atom is 0.240 e. The minimum atomic E-state index is -3.43. The predicted octanol–water partition coefficient (Wildman–Crippen LogP) is 2.75. The van der Waals surface area contributed by atoms with Gasteiger partial charge in [0.05, 0.1) is 11.4 Å².